The van der Waals surface area contributed by atoms with Crippen molar-refractivity contribution >= 4 is 5.69 Å². The number of halogens is 7. The van der Waals surface area contributed by atoms with Crippen molar-refractivity contribution in [3.63, 3.8) is 0 Å². The van der Waals surface area contributed by atoms with Crippen molar-refractivity contribution in [2.75, 3.05) is 31.2 Å². The lowest BCUT2D eigenvalue weighted by molar-refractivity contribution is -0.274. The molecule has 0 amide bonds. The van der Waals surface area contributed by atoms with Gasteiger partial charge in [-0.15, -0.1) is 13.2 Å². The minimum Gasteiger partial charge on any atom is -0.489 e. The van der Waals surface area contributed by atoms with E-state index in [9.17, 15) is 30.7 Å². The molecule has 228 valence electrons. The van der Waals surface area contributed by atoms with Gasteiger partial charge in [-0.3, -0.25) is 0 Å². The Morgan fingerprint density at radius 1 is 0.905 bits per heavy atom. The number of ether oxygens (including phenoxy) is 5. The third-order valence-corrected chi connectivity index (χ3v) is 6.06. The van der Waals surface area contributed by atoms with Crippen LogP contribution in [0.15, 0.2) is 72.8 Å². The summed E-state index contributed by atoms with van der Waals surface area (Å²) in [4.78, 5) is 2.16. The zero-order valence-corrected chi connectivity index (χ0v) is 22.5. The molecule has 1 unspecified atom stereocenters. The fourth-order valence-corrected chi connectivity index (χ4v) is 4.37. The molecule has 2 aliphatic rings. The predicted octanol–water partition coefficient (Wildman–Crippen LogP) is 7.53. The summed E-state index contributed by atoms with van der Waals surface area (Å²) in [6.07, 6.45) is -13.1. The smallest absolute Gasteiger partial charge is 0.489 e. The molecule has 0 spiro atoms. The lowest BCUT2D eigenvalue weighted by Gasteiger charge is -2.34. The number of alkyl halides is 7. The molecule has 13 heteroatoms. The van der Waals surface area contributed by atoms with E-state index in [0.717, 1.165) is 5.69 Å². The highest BCUT2D eigenvalue weighted by atomic mass is 19.4. The van der Waals surface area contributed by atoms with E-state index in [2.05, 4.69) is 14.4 Å². The fraction of sp³-hybridized carbons (Fsp3) is 0.379. The minimum atomic E-state index is -4.74. The van der Waals surface area contributed by atoms with Crippen molar-refractivity contribution < 1.29 is 54.4 Å². The van der Waals surface area contributed by atoms with E-state index < -0.39 is 24.7 Å². The van der Waals surface area contributed by atoms with Gasteiger partial charge in [0.1, 0.15) is 24.2 Å². The van der Waals surface area contributed by atoms with Crippen molar-refractivity contribution in [2.45, 2.75) is 44.6 Å². The molecule has 0 aliphatic carbocycles. The summed E-state index contributed by atoms with van der Waals surface area (Å²) >= 11 is 0. The normalized spacial score (nSPS) is 18.0. The second-order valence-corrected chi connectivity index (χ2v) is 9.75. The number of fused-ring (bicyclic) bond motifs is 1. The number of hydrogen-bond donors (Lipinski definition) is 0. The fourth-order valence-electron chi connectivity index (χ4n) is 4.37. The Morgan fingerprint density at radius 2 is 1.60 bits per heavy atom. The van der Waals surface area contributed by atoms with E-state index >= 15 is 0 Å². The van der Waals surface area contributed by atoms with E-state index in [4.69, 9.17) is 14.2 Å². The van der Waals surface area contributed by atoms with E-state index in [1.54, 1.807) is 12.1 Å². The lowest BCUT2D eigenvalue weighted by atomic mass is 10.0. The summed E-state index contributed by atoms with van der Waals surface area (Å²) in [6, 6.07) is 18.3. The molecule has 0 aromatic heterocycles. The first kappa shape index (κ1) is 31.2. The lowest BCUT2D eigenvalue weighted by Crippen LogP contribution is -2.39. The highest BCUT2D eigenvalue weighted by Gasteiger charge is 2.44. The third-order valence-electron chi connectivity index (χ3n) is 6.06. The molecule has 5 rings (SSSR count). The number of hydrogen-bond acceptors (Lipinski definition) is 6. The molecule has 1 atom stereocenters. The SMILES string of the molecule is CC1(C)OCC(CN2CCOc3c(-c4cccc(OC(F)(F)F)c4)cccc32)O1.FC(F)C(F)(F)Oc1ccccc1. The maximum Gasteiger partial charge on any atom is 0.573 e. The summed E-state index contributed by atoms with van der Waals surface area (Å²) in [5, 5.41) is 0. The van der Waals surface area contributed by atoms with Crippen molar-refractivity contribution in [3.8, 4) is 28.4 Å². The van der Waals surface area contributed by atoms with Crippen LogP contribution in [0.3, 0.4) is 0 Å². The molecule has 3 aromatic carbocycles. The van der Waals surface area contributed by atoms with Crippen LogP contribution in [-0.2, 0) is 9.47 Å². The summed E-state index contributed by atoms with van der Waals surface area (Å²) < 4.78 is 111. The molecule has 2 heterocycles. The molecule has 1 fully saturated rings. The summed E-state index contributed by atoms with van der Waals surface area (Å²) in [7, 11) is 0. The third kappa shape index (κ3) is 8.41. The Kier molecular flexibility index (Phi) is 9.41. The van der Waals surface area contributed by atoms with Crippen LogP contribution in [0.25, 0.3) is 11.1 Å². The summed E-state index contributed by atoms with van der Waals surface area (Å²) in [6.45, 7) is 6.08. The average molecular weight is 604 g/mol. The van der Waals surface area contributed by atoms with Gasteiger partial charge in [-0.1, -0.05) is 42.5 Å². The number of anilines is 1. The number of para-hydroxylation sites is 2. The van der Waals surface area contributed by atoms with Crippen molar-refractivity contribution in [2.24, 2.45) is 0 Å². The minimum absolute atomic E-state index is 0.0666. The van der Waals surface area contributed by atoms with E-state index in [1.807, 2.05) is 32.0 Å². The Bertz CT molecular complexity index is 1320. The molecule has 0 radical (unpaired) electrons. The predicted molar refractivity (Wildman–Crippen MR) is 139 cm³/mol. The topological polar surface area (TPSA) is 49.4 Å². The molecule has 6 nitrogen and oxygen atoms in total. The van der Waals surface area contributed by atoms with Gasteiger partial charge in [-0.05, 0) is 49.7 Å². The van der Waals surface area contributed by atoms with Crippen LogP contribution in [0.4, 0.5) is 36.4 Å². The Balaban J connectivity index is 0.000000262. The van der Waals surface area contributed by atoms with Gasteiger partial charge in [0.15, 0.2) is 11.5 Å². The molecule has 0 saturated carbocycles. The van der Waals surface area contributed by atoms with Crippen molar-refractivity contribution in [3.05, 3.63) is 72.8 Å². The molecule has 2 aliphatic heterocycles. The summed E-state index contributed by atoms with van der Waals surface area (Å²) in [5.74, 6) is -0.506. The van der Waals surface area contributed by atoms with Gasteiger partial charge < -0.3 is 28.6 Å². The Hall–Kier alpha value is -3.71. The highest BCUT2D eigenvalue weighted by molar-refractivity contribution is 5.80. The molecule has 0 bridgehead atoms. The standard InChI is InChI=1S/C21H22F3NO4.C8H6F4O/c1-20(2)27-13-16(28-20)12-25-9-10-26-19-17(7-4-8-18(19)25)14-5-3-6-15(11-14)29-21(22,23)24;9-7(10)8(11,12)13-6-4-2-1-3-5-6/h3-8,11,16H,9-10,12-13H2,1-2H3;1-5,7H. The second kappa shape index (κ2) is 12.7. The van der Waals surface area contributed by atoms with Crippen molar-refractivity contribution in [1.82, 2.24) is 0 Å². The molecular weight excluding hydrogens is 575 g/mol. The Morgan fingerprint density at radius 3 is 2.24 bits per heavy atom. The van der Waals surface area contributed by atoms with Gasteiger partial charge in [-0.2, -0.15) is 17.6 Å². The molecule has 0 N–H and O–H groups in total. The van der Waals surface area contributed by atoms with Crippen LogP contribution in [0.2, 0.25) is 0 Å². The van der Waals surface area contributed by atoms with E-state index in [0.29, 0.717) is 43.2 Å². The maximum atomic E-state index is 12.6. The number of benzene rings is 3. The van der Waals surface area contributed by atoms with Gasteiger partial charge in [0.05, 0.1) is 18.8 Å². The summed E-state index contributed by atoms with van der Waals surface area (Å²) in [5.41, 5.74) is 2.18. The van der Waals surface area contributed by atoms with Crippen LogP contribution < -0.4 is 19.1 Å². The van der Waals surface area contributed by atoms with Crippen LogP contribution in [0, 0.1) is 0 Å². The van der Waals surface area contributed by atoms with Crippen LogP contribution >= 0.6 is 0 Å². The van der Waals surface area contributed by atoms with Crippen LogP contribution in [0.5, 0.6) is 17.2 Å². The largest absolute Gasteiger partial charge is 0.573 e. The Labute approximate surface area is 237 Å². The van der Waals surface area contributed by atoms with Gasteiger partial charge in [0.2, 0.25) is 0 Å². The van der Waals surface area contributed by atoms with Crippen LogP contribution in [-0.4, -0.2) is 57.1 Å². The van der Waals surface area contributed by atoms with E-state index in [1.165, 1.54) is 42.5 Å². The van der Waals surface area contributed by atoms with Gasteiger partial charge in [-0.25, -0.2) is 0 Å². The first-order valence-electron chi connectivity index (χ1n) is 12.8. The molecular formula is C29H28F7NO5. The molecule has 42 heavy (non-hydrogen) atoms. The number of rotatable bonds is 7. The van der Waals surface area contributed by atoms with E-state index in [-0.39, 0.29) is 17.6 Å². The quantitative estimate of drug-likeness (QED) is 0.261. The zero-order chi connectivity index (χ0) is 30.5. The first-order valence-corrected chi connectivity index (χ1v) is 12.8. The molecule has 1 saturated heterocycles. The zero-order valence-electron chi connectivity index (χ0n) is 22.5. The second-order valence-electron chi connectivity index (χ2n) is 9.75. The monoisotopic (exact) mass is 603 g/mol. The van der Waals surface area contributed by atoms with Crippen LogP contribution in [0.1, 0.15) is 13.8 Å². The van der Waals surface area contributed by atoms with Crippen molar-refractivity contribution in [1.29, 1.82) is 0 Å². The average Bonchev–Trinajstić information content (AvgIpc) is 3.26. The maximum absolute atomic E-state index is 12.6. The van der Waals surface area contributed by atoms with Gasteiger partial charge in [0, 0.05) is 12.1 Å². The van der Waals surface area contributed by atoms with Gasteiger partial charge >= 0.3 is 18.9 Å². The highest BCUT2D eigenvalue weighted by Crippen LogP contribution is 2.42. The van der Waals surface area contributed by atoms with Gasteiger partial charge in [0.25, 0.3) is 0 Å². The molecule has 3 aromatic rings. The number of nitrogens with zero attached hydrogens (tertiary/aromatic N) is 1. The first-order chi connectivity index (χ1) is 19.7.